The summed E-state index contributed by atoms with van der Waals surface area (Å²) in [5.74, 6) is 0. The number of benzene rings is 1. The van der Waals surface area contributed by atoms with Crippen molar-refractivity contribution in [1.29, 1.82) is 0 Å². The Morgan fingerprint density at radius 3 is 2.36 bits per heavy atom. The zero-order chi connectivity index (χ0) is 8.27. The molecule has 2 heteroatoms. The van der Waals surface area contributed by atoms with Crippen molar-refractivity contribution in [2.24, 2.45) is 0 Å². The first-order chi connectivity index (χ1) is 5.24. The van der Waals surface area contributed by atoms with Gasteiger partial charge in [-0.15, -0.1) is 11.6 Å². The predicted molar refractivity (Wildman–Crippen MR) is 52.7 cm³/mol. The minimum atomic E-state index is 0.0306. The van der Waals surface area contributed by atoms with Crippen LogP contribution in [0.4, 0.5) is 0 Å². The Morgan fingerprint density at radius 1 is 1.36 bits per heavy atom. The minimum absolute atomic E-state index is 0.0306. The molecule has 0 bridgehead atoms. The zero-order valence-corrected chi connectivity index (χ0v) is 8.56. The van der Waals surface area contributed by atoms with Crippen LogP contribution in [-0.4, -0.2) is 0 Å². The van der Waals surface area contributed by atoms with Crippen LogP contribution >= 0.6 is 27.5 Å². The van der Waals surface area contributed by atoms with E-state index in [1.807, 2.05) is 37.6 Å². The smallest absolute Gasteiger partial charge is 0.0614 e. The van der Waals surface area contributed by atoms with Gasteiger partial charge in [-0.1, -0.05) is 35.0 Å². The molecule has 0 aliphatic heterocycles. The predicted octanol–water partition coefficient (Wildman–Crippen LogP) is 3.95. The molecule has 1 unspecified atom stereocenters. The molecule has 1 atom stereocenters. The van der Waals surface area contributed by atoms with Gasteiger partial charge in [0.05, 0.1) is 5.38 Å². The molecule has 1 aromatic carbocycles. The van der Waals surface area contributed by atoms with Crippen molar-refractivity contribution >= 4 is 27.5 Å². The van der Waals surface area contributed by atoms with Gasteiger partial charge >= 0.3 is 0 Å². The molecule has 0 saturated heterocycles. The fraction of sp³-hybridized carbons (Fsp3) is 0.222. The summed E-state index contributed by atoms with van der Waals surface area (Å²) in [6, 6.07) is 8.02. The van der Waals surface area contributed by atoms with E-state index in [1.54, 1.807) is 0 Å². The first-order valence-corrected chi connectivity index (χ1v) is 4.66. The van der Waals surface area contributed by atoms with Gasteiger partial charge in [0, 0.05) is 4.47 Å². The molecule has 11 heavy (non-hydrogen) atoms. The summed E-state index contributed by atoms with van der Waals surface area (Å²) in [7, 11) is 0. The van der Waals surface area contributed by atoms with Crippen molar-refractivity contribution in [3.8, 4) is 0 Å². The Morgan fingerprint density at radius 2 is 1.91 bits per heavy atom. The Kier molecular flexibility index (Phi) is 3.41. The van der Waals surface area contributed by atoms with Gasteiger partial charge in [0.2, 0.25) is 0 Å². The second-order valence-corrected chi connectivity index (χ2v) is 3.67. The standard InChI is InChI=1S/C9H9BrCl/c1-2-9(11)7-3-5-8(10)6-4-7/h2-6,9H,1H3. The maximum Gasteiger partial charge on any atom is 0.0614 e. The van der Waals surface area contributed by atoms with Gasteiger partial charge in [0.25, 0.3) is 0 Å². The summed E-state index contributed by atoms with van der Waals surface area (Å²) in [6.07, 6.45) is 1.96. The SMILES string of the molecule is C[CH]C(Cl)c1ccc(Br)cc1. The highest BCUT2D eigenvalue weighted by molar-refractivity contribution is 9.10. The molecule has 59 valence electrons. The van der Waals surface area contributed by atoms with Gasteiger partial charge in [-0.3, -0.25) is 0 Å². The van der Waals surface area contributed by atoms with Crippen LogP contribution in [0.5, 0.6) is 0 Å². The molecular formula is C9H9BrCl. The van der Waals surface area contributed by atoms with Crippen LogP contribution in [0.25, 0.3) is 0 Å². The molecule has 0 heterocycles. The van der Waals surface area contributed by atoms with Crippen molar-refractivity contribution in [3.63, 3.8) is 0 Å². The van der Waals surface area contributed by atoms with Gasteiger partial charge in [-0.05, 0) is 24.1 Å². The number of hydrogen-bond acceptors (Lipinski definition) is 0. The van der Waals surface area contributed by atoms with Crippen molar-refractivity contribution in [1.82, 2.24) is 0 Å². The van der Waals surface area contributed by atoms with Gasteiger partial charge < -0.3 is 0 Å². The first-order valence-electron chi connectivity index (χ1n) is 3.43. The number of hydrogen-bond donors (Lipinski definition) is 0. The molecule has 0 saturated carbocycles. The van der Waals surface area contributed by atoms with Crippen molar-refractivity contribution in [3.05, 3.63) is 40.7 Å². The van der Waals surface area contributed by atoms with Crippen LogP contribution in [0.2, 0.25) is 0 Å². The van der Waals surface area contributed by atoms with E-state index in [-0.39, 0.29) is 5.38 Å². The van der Waals surface area contributed by atoms with E-state index in [4.69, 9.17) is 11.6 Å². The third-order valence-electron chi connectivity index (χ3n) is 1.48. The molecule has 0 nitrogen and oxygen atoms in total. The lowest BCUT2D eigenvalue weighted by Crippen LogP contribution is -1.87. The largest absolute Gasteiger partial charge is 0.118 e. The van der Waals surface area contributed by atoms with E-state index in [0.29, 0.717) is 0 Å². The van der Waals surface area contributed by atoms with Crippen LogP contribution in [-0.2, 0) is 0 Å². The first kappa shape index (κ1) is 9.08. The van der Waals surface area contributed by atoms with E-state index in [2.05, 4.69) is 15.9 Å². The van der Waals surface area contributed by atoms with Gasteiger partial charge in [0.1, 0.15) is 0 Å². The summed E-state index contributed by atoms with van der Waals surface area (Å²) in [5, 5.41) is 0.0306. The average Bonchev–Trinajstić information content (AvgIpc) is 2.05. The molecular weight excluding hydrogens is 223 g/mol. The summed E-state index contributed by atoms with van der Waals surface area (Å²) in [4.78, 5) is 0. The van der Waals surface area contributed by atoms with E-state index >= 15 is 0 Å². The fourth-order valence-corrected chi connectivity index (χ4v) is 1.25. The zero-order valence-electron chi connectivity index (χ0n) is 6.22. The van der Waals surface area contributed by atoms with Crippen LogP contribution < -0.4 is 0 Å². The molecule has 0 aromatic heterocycles. The Labute approximate surface area is 80.7 Å². The van der Waals surface area contributed by atoms with E-state index in [1.165, 1.54) is 0 Å². The molecule has 0 amide bonds. The summed E-state index contributed by atoms with van der Waals surface area (Å²) in [5.41, 5.74) is 1.14. The molecule has 1 radical (unpaired) electrons. The monoisotopic (exact) mass is 231 g/mol. The van der Waals surface area contributed by atoms with Crippen LogP contribution in [0.1, 0.15) is 17.9 Å². The minimum Gasteiger partial charge on any atom is -0.118 e. The van der Waals surface area contributed by atoms with E-state index in [0.717, 1.165) is 10.0 Å². The average molecular weight is 233 g/mol. The number of halogens is 2. The van der Waals surface area contributed by atoms with Gasteiger partial charge in [0.15, 0.2) is 0 Å². The lowest BCUT2D eigenvalue weighted by molar-refractivity contribution is 1.09. The maximum atomic E-state index is 5.97. The second kappa shape index (κ2) is 4.13. The Bertz CT molecular complexity index is 218. The molecule has 0 N–H and O–H groups in total. The summed E-state index contributed by atoms with van der Waals surface area (Å²) < 4.78 is 1.08. The number of rotatable bonds is 2. The van der Waals surface area contributed by atoms with E-state index < -0.39 is 0 Å². The van der Waals surface area contributed by atoms with Crippen LogP contribution in [0.3, 0.4) is 0 Å². The lowest BCUT2D eigenvalue weighted by Gasteiger charge is -2.05. The fourth-order valence-electron chi connectivity index (χ4n) is 0.839. The molecule has 0 aliphatic carbocycles. The quantitative estimate of drug-likeness (QED) is 0.677. The summed E-state index contributed by atoms with van der Waals surface area (Å²) >= 11 is 9.34. The van der Waals surface area contributed by atoms with Crippen molar-refractivity contribution < 1.29 is 0 Å². The second-order valence-electron chi connectivity index (χ2n) is 2.29. The highest BCUT2D eigenvalue weighted by atomic mass is 79.9. The van der Waals surface area contributed by atoms with Crippen LogP contribution in [0, 0.1) is 6.42 Å². The van der Waals surface area contributed by atoms with Crippen LogP contribution in [0.15, 0.2) is 28.7 Å². The third kappa shape index (κ3) is 2.49. The highest BCUT2D eigenvalue weighted by Crippen LogP contribution is 2.23. The molecule has 0 spiro atoms. The third-order valence-corrected chi connectivity index (χ3v) is 2.51. The molecule has 1 aromatic rings. The molecule has 1 rings (SSSR count). The lowest BCUT2D eigenvalue weighted by atomic mass is 10.1. The molecule has 0 aliphatic rings. The van der Waals surface area contributed by atoms with Gasteiger partial charge in [-0.2, -0.15) is 0 Å². The Balaban J connectivity index is 2.81. The summed E-state index contributed by atoms with van der Waals surface area (Å²) in [6.45, 7) is 1.96. The topological polar surface area (TPSA) is 0 Å². The highest BCUT2D eigenvalue weighted by Gasteiger charge is 2.03. The van der Waals surface area contributed by atoms with Crippen molar-refractivity contribution in [2.75, 3.05) is 0 Å². The van der Waals surface area contributed by atoms with E-state index in [9.17, 15) is 0 Å². The normalized spacial score (nSPS) is 13.0. The van der Waals surface area contributed by atoms with Crippen molar-refractivity contribution in [2.45, 2.75) is 12.3 Å². The number of alkyl halides is 1. The maximum absolute atomic E-state index is 5.97. The Hall–Kier alpha value is -0.0100. The van der Waals surface area contributed by atoms with Gasteiger partial charge in [-0.25, -0.2) is 0 Å². The molecule has 0 fully saturated rings.